The minimum atomic E-state index is -3.75. The molecule has 0 radical (unpaired) electrons. The second-order valence-corrected chi connectivity index (χ2v) is 8.17. The van der Waals surface area contributed by atoms with Crippen molar-refractivity contribution in [3.8, 4) is 0 Å². The van der Waals surface area contributed by atoms with Crippen LogP contribution >= 0.6 is 7.82 Å². The van der Waals surface area contributed by atoms with Gasteiger partial charge >= 0.3 is 7.82 Å². The standard InChI is InChI=1S/C12H27N.C8H19O4P/c1-3-5-7-9-11-13-12-10-8-6-4-2;1-3-5-7-11-13(9,10)12-8-6-4-2/h13H,3-12H2,1-2H3;3-8H2,1-2H3,(H,9,10). The van der Waals surface area contributed by atoms with Crippen molar-refractivity contribution in [1.29, 1.82) is 0 Å². The summed E-state index contributed by atoms with van der Waals surface area (Å²) >= 11 is 0. The van der Waals surface area contributed by atoms with Crippen molar-refractivity contribution in [2.24, 2.45) is 0 Å². The van der Waals surface area contributed by atoms with Crippen molar-refractivity contribution in [1.82, 2.24) is 5.32 Å². The Balaban J connectivity index is 0. The molecule has 0 bridgehead atoms. The van der Waals surface area contributed by atoms with Crippen LogP contribution in [0.25, 0.3) is 0 Å². The fraction of sp³-hybridized carbons (Fsp3) is 1.00. The Morgan fingerprint density at radius 2 is 1.04 bits per heavy atom. The maximum Gasteiger partial charge on any atom is 0.472 e. The molecule has 160 valence electrons. The summed E-state index contributed by atoms with van der Waals surface area (Å²) in [7, 11) is -3.75. The Bertz CT molecular complexity index is 280. The average Bonchev–Trinajstić information content (AvgIpc) is 2.61. The molecule has 2 N–H and O–H groups in total. The predicted molar refractivity (Wildman–Crippen MR) is 113 cm³/mol. The van der Waals surface area contributed by atoms with Gasteiger partial charge in [-0.15, -0.1) is 0 Å². The molecule has 0 saturated carbocycles. The van der Waals surface area contributed by atoms with Crippen LogP contribution in [0.2, 0.25) is 0 Å². The van der Waals surface area contributed by atoms with Gasteiger partial charge in [0, 0.05) is 0 Å². The van der Waals surface area contributed by atoms with Crippen molar-refractivity contribution in [3.05, 3.63) is 0 Å². The van der Waals surface area contributed by atoms with Crippen LogP contribution in [0.1, 0.15) is 105 Å². The molecule has 0 aromatic rings. The molecular weight excluding hydrogens is 349 g/mol. The van der Waals surface area contributed by atoms with E-state index in [0.717, 1.165) is 25.7 Å². The third kappa shape index (κ3) is 26.3. The Kier molecular flexibility index (Phi) is 25.1. The Labute approximate surface area is 163 Å². The van der Waals surface area contributed by atoms with Crippen LogP contribution in [-0.4, -0.2) is 31.2 Å². The van der Waals surface area contributed by atoms with Crippen LogP contribution in [0.4, 0.5) is 0 Å². The number of unbranched alkanes of at least 4 members (excludes halogenated alkanes) is 8. The van der Waals surface area contributed by atoms with Gasteiger partial charge in [0.15, 0.2) is 0 Å². The minimum absolute atomic E-state index is 0.288. The smallest absolute Gasteiger partial charge is 0.317 e. The molecular formula is C20H46NO4P. The highest BCUT2D eigenvalue weighted by molar-refractivity contribution is 7.47. The normalized spacial score (nSPS) is 11.3. The van der Waals surface area contributed by atoms with Crippen LogP contribution in [0.5, 0.6) is 0 Å². The summed E-state index contributed by atoms with van der Waals surface area (Å²) in [6.45, 7) is 11.5. The lowest BCUT2D eigenvalue weighted by Crippen LogP contribution is -2.16. The summed E-state index contributed by atoms with van der Waals surface area (Å²) in [5, 5.41) is 3.50. The van der Waals surface area contributed by atoms with Gasteiger partial charge < -0.3 is 10.2 Å². The number of hydrogen-bond donors (Lipinski definition) is 2. The largest absolute Gasteiger partial charge is 0.472 e. The first kappa shape index (κ1) is 28.3. The number of phosphoric ester groups is 1. The van der Waals surface area contributed by atoms with Crippen molar-refractivity contribution < 1.29 is 18.5 Å². The van der Waals surface area contributed by atoms with E-state index in [1.54, 1.807) is 0 Å². The van der Waals surface area contributed by atoms with E-state index in [0.29, 0.717) is 0 Å². The number of nitrogens with one attached hydrogen (secondary N) is 1. The van der Waals surface area contributed by atoms with Gasteiger partial charge in [0.2, 0.25) is 0 Å². The summed E-state index contributed by atoms with van der Waals surface area (Å²) in [4.78, 5) is 9.08. The van der Waals surface area contributed by atoms with E-state index in [4.69, 9.17) is 13.9 Å². The molecule has 5 nitrogen and oxygen atoms in total. The Morgan fingerprint density at radius 1 is 0.654 bits per heavy atom. The molecule has 0 fully saturated rings. The van der Waals surface area contributed by atoms with Gasteiger partial charge in [0.05, 0.1) is 13.2 Å². The van der Waals surface area contributed by atoms with Gasteiger partial charge in [0.1, 0.15) is 0 Å². The lowest BCUT2D eigenvalue weighted by molar-refractivity contribution is 0.146. The van der Waals surface area contributed by atoms with Gasteiger partial charge in [-0.2, -0.15) is 0 Å². The maximum atomic E-state index is 11.1. The summed E-state index contributed by atoms with van der Waals surface area (Å²) in [6, 6.07) is 0. The second kappa shape index (κ2) is 23.1. The summed E-state index contributed by atoms with van der Waals surface area (Å²) in [5.41, 5.74) is 0. The zero-order valence-electron chi connectivity index (χ0n) is 17.9. The second-order valence-electron chi connectivity index (χ2n) is 6.71. The van der Waals surface area contributed by atoms with E-state index in [-0.39, 0.29) is 13.2 Å². The molecule has 0 unspecified atom stereocenters. The van der Waals surface area contributed by atoms with E-state index < -0.39 is 7.82 Å². The molecule has 6 heteroatoms. The minimum Gasteiger partial charge on any atom is -0.317 e. The Hall–Kier alpha value is 0.0700. The quantitative estimate of drug-likeness (QED) is 0.206. The Morgan fingerprint density at radius 3 is 1.38 bits per heavy atom. The number of rotatable bonds is 18. The van der Waals surface area contributed by atoms with Crippen LogP contribution in [0.3, 0.4) is 0 Å². The number of phosphoric acid groups is 1. The van der Waals surface area contributed by atoms with E-state index in [2.05, 4.69) is 19.2 Å². The average molecular weight is 396 g/mol. The van der Waals surface area contributed by atoms with Crippen LogP contribution in [-0.2, 0) is 13.6 Å². The molecule has 0 aliphatic carbocycles. The molecule has 0 amide bonds. The SMILES string of the molecule is CCCCCCNCCCCCC.CCCCOP(=O)(O)OCCCC. The molecule has 0 aliphatic heterocycles. The van der Waals surface area contributed by atoms with Crippen molar-refractivity contribution in [2.45, 2.75) is 105 Å². The fourth-order valence-corrected chi connectivity index (χ4v) is 2.96. The third-order valence-electron chi connectivity index (χ3n) is 3.92. The molecule has 0 aromatic heterocycles. The highest BCUT2D eigenvalue weighted by Crippen LogP contribution is 2.43. The van der Waals surface area contributed by atoms with Crippen LogP contribution in [0, 0.1) is 0 Å². The number of hydrogen-bond acceptors (Lipinski definition) is 4. The zero-order chi connectivity index (χ0) is 19.9. The topological polar surface area (TPSA) is 67.8 Å². The van der Waals surface area contributed by atoms with Crippen LogP contribution < -0.4 is 5.32 Å². The lowest BCUT2D eigenvalue weighted by atomic mass is 10.2. The van der Waals surface area contributed by atoms with E-state index in [9.17, 15) is 4.57 Å². The van der Waals surface area contributed by atoms with Gasteiger partial charge in [-0.1, -0.05) is 79.1 Å². The molecule has 0 rings (SSSR count). The van der Waals surface area contributed by atoms with Gasteiger partial charge in [0.25, 0.3) is 0 Å². The monoisotopic (exact) mass is 395 g/mol. The zero-order valence-corrected chi connectivity index (χ0v) is 18.8. The van der Waals surface area contributed by atoms with Crippen molar-refractivity contribution in [2.75, 3.05) is 26.3 Å². The molecule has 26 heavy (non-hydrogen) atoms. The molecule has 0 aliphatic rings. The molecule has 0 aromatic carbocycles. The summed E-state index contributed by atoms with van der Waals surface area (Å²) in [5.74, 6) is 0. The van der Waals surface area contributed by atoms with Gasteiger partial charge in [-0.05, 0) is 38.8 Å². The van der Waals surface area contributed by atoms with Crippen molar-refractivity contribution in [3.63, 3.8) is 0 Å². The first-order valence-corrected chi connectivity index (χ1v) is 12.4. The highest BCUT2D eigenvalue weighted by Gasteiger charge is 2.19. The van der Waals surface area contributed by atoms with E-state index in [1.165, 1.54) is 64.5 Å². The van der Waals surface area contributed by atoms with E-state index in [1.807, 2.05) is 13.8 Å². The molecule has 0 saturated heterocycles. The molecule has 0 spiro atoms. The van der Waals surface area contributed by atoms with E-state index >= 15 is 0 Å². The van der Waals surface area contributed by atoms with Crippen LogP contribution in [0.15, 0.2) is 0 Å². The highest BCUT2D eigenvalue weighted by atomic mass is 31.2. The molecule has 0 atom stereocenters. The van der Waals surface area contributed by atoms with Crippen molar-refractivity contribution >= 4 is 7.82 Å². The summed E-state index contributed by atoms with van der Waals surface area (Å²) < 4.78 is 20.5. The third-order valence-corrected chi connectivity index (χ3v) is 4.94. The summed E-state index contributed by atoms with van der Waals surface area (Å²) in [6.07, 6.45) is 14.5. The lowest BCUT2D eigenvalue weighted by Gasteiger charge is -2.10. The van der Waals surface area contributed by atoms with Gasteiger partial charge in [-0.3, -0.25) is 9.05 Å². The fourth-order valence-electron chi connectivity index (χ4n) is 2.16. The maximum absolute atomic E-state index is 11.1. The predicted octanol–water partition coefficient (Wildman–Crippen LogP) is 6.46. The van der Waals surface area contributed by atoms with Gasteiger partial charge in [-0.25, -0.2) is 4.57 Å². The molecule has 0 heterocycles. The first-order chi connectivity index (χ1) is 12.5. The first-order valence-electron chi connectivity index (χ1n) is 10.9.